The minimum Gasteiger partial charge on any atom is -0.372 e. The maximum atomic E-state index is 12.9. The van der Waals surface area contributed by atoms with E-state index in [2.05, 4.69) is 32.7 Å². The molecule has 9 heteroatoms. The van der Waals surface area contributed by atoms with Crippen LogP contribution in [-0.4, -0.2) is 59.6 Å². The molecule has 2 aromatic carbocycles. The molecule has 2 fully saturated rings. The molecule has 0 saturated carbocycles. The van der Waals surface area contributed by atoms with Crippen LogP contribution in [0.2, 0.25) is 0 Å². The summed E-state index contributed by atoms with van der Waals surface area (Å²) in [4.78, 5) is 30.8. The van der Waals surface area contributed by atoms with Crippen molar-refractivity contribution in [2.45, 2.75) is 44.5 Å². The highest BCUT2D eigenvalue weighted by Gasteiger charge is 2.47. The van der Waals surface area contributed by atoms with E-state index >= 15 is 0 Å². The molecule has 8 nitrogen and oxygen atoms in total. The summed E-state index contributed by atoms with van der Waals surface area (Å²) in [7, 11) is 0. The predicted molar refractivity (Wildman–Crippen MR) is 137 cm³/mol. The Labute approximate surface area is 208 Å². The lowest BCUT2D eigenvalue weighted by atomic mass is 9.85. The number of hydrogen-bond acceptors (Lipinski definition) is 7. The number of anilines is 2. The van der Waals surface area contributed by atoms with Gasteiger partial charge in [-0.25, -0.2) is 4.98 Å². The number of ether oxygens (including phenoxy) is 2. The molecule has 3 heterocycles. The first-order valence-electron chi connectivity index (χ1n) is 12.0. The highest BCUT2D eigenvalue weighted by molar-refractivity contribution is 7.22. The number of piperidine rings is 1. The summed E-state index contributed by atoms with van der Waals surface area (Å²) >= 11 is 1.39. The van der Waals surface area contributed by atoms with Gasteiger partial charge in [-0.05, 0) is 43.0 Å². The molecule has 2 aliphatic heterocycles. The summed E-state index contributed by atoms with van der Waals surface area (Å²) in [6.07, 6.45) is 2.82. The van der Waals surface area contributed by atoms with Crippen LogP contribution in [0, 0.1) is 0 Å². The van der Waals surface area contributed by atoms with Crippen molar-refractivity contribution in [1.82, 2.24) is 9.88 Å². The lowest BCUT2D eigenvalue weighted by molar-refractivity contribution is -0.159. The van der Waals surface area contributed by atoms with Crippen LogP contribution >= 0.6 is 11.3 Å². The predicted octanol–water partition coefficient (Wildman–Crippen LogP) is 4.03. The number of hydrogen-bond donors (Lipinski definition) is 2. The van der Waals surface area contributed by atoms with Gasteiger partial charge in [-0.1, -0.05) is 41.7 Å². The van der Waals surface area contributed by atoms with Crippen LogP contribution in [0.3, 0.4) is 0 Å². The van der Waals surface area contributed by atoms with E-state index in [9.17, 15) is 9.59 Å². The van der Waals surface area contributed by atoms with Crippen LogP contribution in [0.15, 0.2) is 48.5 Å². The van der Waals surface area contributed by atoms with Gasteiger partial charge in [-0.15, -0.1) is 0 Å². The van der Waals surface area contributed by atoms with E-state index < -0.39 is 0 Å². The zero-order valence-electron chi connectivity index (χ0n) is 19.8. The minimum atomic E-state index is -0.250. The smallest absolute Gasteiger partial charge is 0.240 e. The van der Waals surface area contributed by atoms with Gasteiger partial charge >= 0.3 is 0 Å². The number of nitrogens with one attached hydrogen (secondary N) is 2. The van der Waals surface area contributed by atoms with Gasteiger partial charge in [-0.3, -0.25) is 14.5 Å². The first kappa shape index (κ1) is 23.9. The fourth-order valence-corrected chi connectivity index (χ4v) is 5.83. The molecule has 184 valence electrons. The summed E-state index contributed by atoms with van der Waals surface area (Å²) in [5.41, 5.74) is 2.38. The number of aromatic nitrogens is 1. The van der Waals surface area contributed by atoms with Crippen molar-refractivity contribution in [2.75, 3.05) is 36.9 Å². The molecule has 2 N–H and O–H groups in total. The number of rotatable bonds is 7. The summed E-state index contributed by atoms with van der Waals surface area (Å²) in [5, 5.41) is 6.26. The van der Waals surface area contributed by atoms with Crippen LogP contribution in [0.1, 0.15) is 31.7 Å². The Morgan fingerprint density at radius 3 is 2.83 bits per heavy atom. The Balaban J connectivity index is 1.20. The maximum absolute atomic E-state index is 12.9. The van der Waals surface area contributed by atoms with E-state index in [-0.39, 0.29) is 30.1 Å². The molecule has 0 aliphatic carbocycles. The molecule has 2 aliphatic rings. The summed E-state index contributed by atoms with van der Waals surface area (Å²) in [6.45, 7) is 4.49. The Morgan fingerprint density at radius 2 is 2.06 bits per heavy atom. The van der Waals surface area contributed by atoms with Gasteiger partial charge in [0.25, 0.3) is 0 Å². The third kappa shape index (κ3) is 5.70. The Morgan fingerprint density at radius 1 is 1.20 bits per heavy atom. The van der Waals surface area contributed by atoms with Crippen LogP contribution < -0.4 is 10.6 Å². The third-order valence-electron chi connectivity index (χ3n) is 6.61. The molecule has 5 rings (SSSR count). The fraction of sp³-hybridized carbons (Fsp3) is 0.423. The van der Waals surface area contributed by atoms with E-state index in [1.807, 2.05) is 30.3 Å². The fourth-order valence-electron chi connectivity index (χ4n) is 4.91. The van der Waals surface area contributed by atoms with Crippen molar-refractivity contribution in [3.63, 3.8) is 0 Å². The summed E-state index contributed by atoms with van der Waals surface area (Å²) < 4.78 is 13.5. The summed E-state index contributed by atoms with van der Waals surface area (Å²) in [5.74, 6) is -0.226. The second-order valence-electron chi connectivity index (χ2n) is 9.22. The monoisotopic (exact) mass is 494 g/mol. The molecular formula is C26H30N4O4S. The number of likely N-dealkylation sites (tertiary alicyclic amines) is 1. The second kappa shape index (κ2) is 10.4. The molecule has 3 aromatic rings. The number of amides is 2. The first-order valence-corrected chi connectivity index (χ1v) is 12.8. The second-order valence-corrected chi connectivity index (χ2v) is 10.2. The molecule has 2 unspecified atom stereocenters. The number of benzene rings is 2. The minimum absolute atomic E-state index is 0.0820. The quantitative estimate of drug-likeness (QED) is 0.515. The standard InChI is InChI=1S/C26H30N4O4S/c1-18(31)27-20-8-9-21-22(14-20)35-25(28-21)29-24(32)16-30-12-11-26(10-5-13-34-26)23(15-30)33-17-19-6-3-2-4-7-19/h2-4,6-9,14,23H,5,10-13,15-17H2,1H3,(H,27,31)(H,28,29,32). The molecule has 2 amide bonds. The van der Waals surface area contributed by atoms with Crippen molar-refractivity contribution in [3.8, 4) is 0 Å². The number of nitrogens with zero attached hydrogens (tertiary/aromatic N) is 2. The topological polar surface area (TPSA) is 92.8 Å². The van der Waals surface area contributed by atoms with E-state index in [4.69, 9.17) is 9.47 Å². The zero-order chi connectivity index (χ0) is 24.3. The van der Waals surface area contributed by atoms with Crippen LogP contribution in [0.4, 0.5) is 10.8 Å². The Hall–Kier alpha value is -2.85. The third-order valence-corrected chi connectivity index (χ3v) is 7.55. The largest absolute Gasteiger partial charge is 0.372 e. The van der Waals surface area contributed by atoms with E-state index in [0.717, 1.165) is 48.2 Å². The lowest BCUT2D eigenvalue weighted by Gasteiger charge is -2.44. The zero-order valence-corrected chi connectivity index (χ0v) is 20.6. The van der Waals surface area contributed by atoms with Crippen LogP contribution in [-0.2, 0) is 25.7 Å². The van der Waals surface area contributed by atoms with Crippen LogP contribution in [0.5, 0.6) is 0 Å². The van der Waals surface area contributed by atoms with Gasteiger partial charge in [0, 0.05) is 32.3 Å². The Kier molecular flexibility index (Phi) is 7.10. The summed E-state index contributed by atoms with van der Waals surface area (Å²) in [6, 6.07) is 15.7. The maximum Gasteiger partial charge on any atom is 0.240 e. The van der Waals surface area contributed by atoms with Gasteiger partial charge in [0.1, 0.15) is 0 Å². The van der Waals surface area contributed by atoms with Crippen molar-refractivity contribution in [1.29, 1.82) is 0 Å². The molecular weight excluding hydrogens is 464 g/mol. The van der Waals surface area contributed by atoms with E-state index in [1.165, 1.54) is 18.3 Å². The Bertz CT molecular complexity index is 1190. The number of thiazole rings is 1. The van der Waals surface area contributed by atoms with Crippen molar-refractivity contribution in [3.05, 3.63) is 54.1 Å². The highest BCUT2D eigenvalue weighted by Crippen LogP contribution is 2.38. The molecule has 0 bridgehead atoms. The number of carbonyl (C=O) groups excluding carboxylic acids is 2. The van der Waals surface area contributed by atoms with Gasteiger partial charge in [0.05, 0.1) is 35.1 Å². The first-order chi connectivity index (χ1) is 17.0. The SMILES string of the molecule is CC(=O)Nc1ccc2nc(NC(=O)CN3CCC4(CCCO4)C(OCc4ccccc4)C3)sc2c1. The number of fused-ring (bicyclic) bond motifs is 1. The number of carbonyl (C=O) groups is 2. The molecule has 2 saturated heterocycles. The normalized spacial score (nSPS) is 22.5. The van der Waals surface area contributed by atoms with Gasteiger partial charge in [-0.2, -0.15) is 0 Å². The molecule has 1 aromatic heterocycles. The van der Waals surface area contributed by atoms with E-state index in [0.29, 0.717) is 24.0 Å². The average Bonchev–Trinajstić information content (AvgIpc) is 3.46. The van der Waals surface area contributed by atoms with Crippen molar-refractivity contribution in [2.24, 2.45) is 0 Å². The molecule has 1 spiro atoms. The molecule has 2 atom stereocenters. The van der Waals surface area contributed by atoms with Crippen molar-refractivity contribution < 1.29 is 19.1 Å². The van der Waals surface area contributed by atoms with Gasteiger partial charge < -0.3 is 20.1 Å². The van der Waals surface area contributed by atoms with Gasteiger partial charge in [0.2, 0.25) is 11.8 Å². The molecule has 0 radical (unpaired) electrons. The molecule has 35 heavy (non-hydrogen) atoms. The highest BCUT2D eigenvalue weighted by atomic mass is 32.1. The van der Waals surface area contributed by atoms with Crippen LogP contribution in [0.25, 0.3) is 10.2 Å². The van der Waals surface area contributed by atoms with E-state index in [1.54, 1.807) is 6.07 Å². The average molecular weight is 495 g/mol. The van der Waals surface area contributed by atoms with Gasteiger partial charge in [0.15, 0.2) is 5.13 Å². The van der Waals surface area contributed by atoms with Crippen molar-refractivity contribution >= 4 is 44.2 Å². The lowest BCUT2D eigenvalue weighted by Crippen LogP contribution is -2.57.